The molecule has 27 heavy (non-hydrogen) atoms. The van der Waals surface area contributed by atoms with Crippen LogP contribution in [0.1, 0.15) is 60.5 Å². The van der Waals surface area contributed by atoms with E-state index in [0.717, 1.165) is 27.7 Å². The number of hydrogen-bond donors (Lipinski definition) is 0. The number of fused-ring (bicyclic) bond motifs is 1. The average Bonchev–Trinajstić information content (AvgIpc) is 2.68. The van der Waals surface area contributed by atoms with Crippen molar-refractivity contribution in [3.8, 4) is 11.3 Å². The number of carbonyl (C=O) groups excluding carboxylic acids is 1. The van der Waals surface area contributed by atoms with Crippen molar-refractivity contribution >= 4 is 16.9 Å². The lowest BCUT2D eigenvalue weighted by molar-refractivity contribution is 0.0602. The Balaban J connectivity index is 0.00000102. The second-order valence-corrected chi connectivity index (χ2v) is 6.72. The predicted molar refractivity (Wildman–Crippen MR) is 111 cm³/mol. The van der Waals surface area contributed by atoms with Gasteiger partial charge < -0.3 is 4.74 Å². The van der Waals surface area contributed by atoms with Gasteiger partial charge in [-0.15, -0.1) is 0 Å². The van der Waals surface area contributed by atoms with Crippen LogP contribution >= 0.6 is 0 Å². The van der Waals surface area contributed by atoms with E-state index in [9.17, 15) is 4.79 Å². The van der Waals surface area contributed by atoms with E-state index in [0.29, 0.717) is 11.5 Å². The topological polar surface area (TPSA) is 39.2 Å². The minimum absolute atomic E-state index is 0.298. The predicted octanol–water partition coefficient (Wildman–Crippen LogP) is 6.29. The molecule has 0 amide bonds. The molecule has 2 aromatic carbocycles. The molecule has 1 aliphatic rings. The first-order valence-electron chi connectivity index (χ1n) is 9.77. The van der Waals surface area contributed by atoms with Gasteiger partial charge in [0.05, 0.1) is 23.9 Å². The highest BCUT2D eigenvalue weighted by Crippen LogP contribution is 2.38. The van der Waals surface area contributed by atoms with Crippen LogP contribution in [0, 0.1) is 6.92 Å². The SMILES string of the molecule is CC.COC(=O)c1c(C)c(-c2ccccc2)nc2ccc(C3CCC3)cc12. The van der Waals surface area contributed by atoms with Crippen LogP contribution in [0.4, 0.5) is 0 Å². The van der Waals surface area contributed by atoms with E-state index < -0.39 is 0 Å². The van der Waals surface area contributed by atoms with E-state index >= 15 is 0 Å². The summed E-state index contributed by atoms with van der Waals surface area (Å²) in [6.45, 7) is 5.96. The molecule has 0 N–H and O–H groups in total. The Morgan fingerprint density at radius 1 is 1.07 bits per heavy atom. The van der Waals surface area contributed by atoms with Crippen LogP contribution in [0.5, 0.6) is 0 Å². The third-order valence-electron chi connectivity index (χ3n) is 5.27. The summed E-state index contributed by atoms with van der Waals surface area (Å²) < 4.78 is 5.09. The molecule has 0 aliphatic heterocycles. The van der Waals surface area contributed by atoms with E-state index in [4.69, 9.17) is 9.72 Å². The maximum Gasteiger partial charge on any atom is 0.338 e. The van der Waals surface area contributed by atoms with Crippen LogP contribution < -0.4 is 0 Å². The van der Waals surface area contributed by atoms with Gasteiger partial charge in [-0.25, -0.2) is 9.78 Å². The highest BCUT2D eigenvalue weighted by atomic mass is 16.5. The molecule has 1 fully saturated rings. The highest BCUT2D eigenvalue weighted by molar-refractivity contribution is 6.06. The summed E-state index contributed by atoms with van der Waals surface area (Å²) in [6, 6.07) is 16.3. The quantitative estimate of drug-likeness (QED) is 0.515. The number of carbonyl (C=O) groups is 1. The third kappa shape index (κ3) is 3.59. The van der Waals surface area contributed by atoms with Gasteiger partial charge in [0.15, 0.2) is 0 Å². The first-order chi connectivity index (χ1) is 13.2. The Morgan fingerprint density at radius 3 is 2.37 bits per heavy atom. The lowest BCUT2D eigenvalue weighted by atomic mass is 9.79. The molecule has 1 saturated carbocycles. The molecule has 0 radical (unpaired) electrons. The largest absolute Gasteiger partial charge is 0.465 e. The summed E-state index contributed by atoms with van der Waals surface area (Å²) in [4.78, 5) is 17.4. The van der Waals surface area contributed by atoms with E-state index in [1.807, 2.05) is 57.2 Å². The minimum atomic E-state index is -0.298. The van der Waals surface area contributed by atoms with E-state index in [1.165, 1.54) is 31.9 Å². The number of esters is 1. The van der Waals surface area contributed by atoms with Gasteiger partial charge in [-0.2, -0.15) is 0 Å². The Labute approximate surface area is 161 Å². The molecule has 0 unspecified atom stereocenters. The molecule has 0 bridgehead atoms. The number of pyridine rings is 1. The molecule has 1 aromatic heterocycles. The zero-order valence-electron chi connectivity index (χ0n) is 16.6. The summed E-state index contributed by atoms with van der Waals surface area (Å²) in [5.41, 5.74) is 5.49. The average molecular weight is 361 g/mol. The Morgan fingerprint density at radius 2 is 1.78 bits per heavy atom. The second kappa shape index (κ2) is 8.34. The van der Waals surface area contributed by atoms with Crippen molar-refractivity contribution < 1.29 is 9.53 Å². The van der Waals surface area contributed by atoms with E-state index in [1.54, 1.807) is 0 Å². The molecule has 0 saturated heterocycles. The van der Waals surface area contributed by atoms with Gasteiger partial charge in [0, 0.05) is 10.9 Å². The normalized spacial score (nSPS) is 13.5. The van der Waals surface area contributed by atoms with Crippen LogP contribution in [0.3, 0.4) is 0 Å². The summed E-state index contributed by atoms with van der Waals surface area (Å²) in [5.74, 6) is 0.317. The van der Waals surface area contributed by atoms with Crippen LogP contribution in [0.2, 0.25) is 0 Å². The van der Waals surface area contributed by atoms with Gasteiger partial charge in [-0.1, -0.05) is 56.7 Å². The van der Waals surface area contributed by atoms with Crippen molar-refractivity contribution in [2.75, 3.05) is 7.11 Å². The smallest absolute Gasteiger partial charge is 0.338 e. The Kier molecular flexibility index (Phi) is 5.90. The van der Waals surface area contributed by atoms with Crippen LogP contribution in [-0.4, -0.2) is 18.1 Å². The minimum Gasteiger partial charge on any atom is -0.465 e. The molecule has 3 aromatic rings. The first-order valence-corrected chi connectivity index (χ1v) is 9.77. The fraction of sp³-hybridized carbons (Fsp3) is 0.333. The van der Waals surface area contributed by atoms with Gasteiger partial charge in [0.25, 0.3) is 0 Å². The number of aromatic nitrogens is 1. The Hall–Kier alpha value is -2.68. The summed E-state index contributed by atoms with van der Waals surface area (Å²) in [5, 5.41) is 0.897. The third-order valence-corrected chi connectivity index (χ3v) is 5.27. The van der Waals surface area contributed by atoms with Gasteiger partial charge in [-0.3, -0.25) is 0 Å². The summed E-state index contributed by atoms with van der Waals surface area (Å²) in [6.07, 6.45) is 3.75. The molecule has 1 heterocycles. The molecule has 3 heteroatoms. The Bertz CT molecular complexity index is 944. The maximum absolute atomic E-state index is 12.5. The number of hydrogen-bond acceptors (Lipinski definition) is 3. The van der Waals surface area contributed by atoms with Crippen molar-refractivity contribution in [2.24, 2.45) is 0 Å². The second-order valence-electron chi connectivity index (χ2n) is 6.72. The standard InChI is InChI=1S/C22H21NO2.C2H6/c1-14-20(22(24)25-2)18-13-17(15-9-6-10-15)11-12-19(18)23-21(14)16-7-4-3-5-8-16;1-2/h3-5,7-8,11-13,15H,6,9-10H2,1-2H3;1-2H3. The number of ether oxygens (including phenoxy) is 1. The first kappa shape index (κ1) is 19.1. The molecule has 0 spiro atoms. The molecule has 0 atom stereocenters. The molecular weight excluding hydrogens is 334 g/mol. The van der Waals surface area contributed by atoms with Crippen LogP contribution in [0.25, 0.3) is 22.2 Å². The van der Waals surface area contributed by atoms with Crippen molar-refractivity contribution in [1.82, 2.24) is 4.98 Å². The summed E-state index contributed by atoms with van der Waals surface area (Å²) in [7, 11) is 1.44. The lowest BCUT2D eigenvalue weighted by Gasteiger charge is -2.26. The monoisotopic (exact) mass is 361 g/mol. The fourth-order valence-corrected chi connectivity index (χ4v) is 3.61. The van der Waals surface area contributed by atoms with Gasteiger partial charge in [0.1, 0.15) is 0 Å². The van der Waals surface area contributed by atoms with Crippen molar-refractivity contribution in [1.29, 1.82) is 0 Å². The molecule has 3 nitrogen and oxygen atoms in total. The summed E-state index contributed by atoms with van der Waals surface area (Å²) >= 11 is 0. The van der Waals surface area contributed by atoms with Gasteiger partial charge in [0.2, 0.25) is 0 Å². The van der Waals surface area contributed by atoms with Crippen LogP contribution in [0.15, 0.2) is 48.5 Å². The van der Waals surface area contributed by atoms with E-state index in [-0.39, 0.29) is 5.97 Å². The van der Waals surface area contributed by atoms with E-state index in [2.05, 4.69) is 12.1 Å². The lowest BCUT2D eigenvalue weighted by Crippen LogP contribution is -2.11. The number of rotatable bonds is 3. The number of nitrogens with zero attached hydrogens (tertiary/aromatic N) is 1. The van der Waals surface area contributed by atoms with Crippen molar-refractivity contribution in [3.63, 3.8) is 0 Å². The zero-order valence-corrected chi connectivity index (χ0v) is 16.6. The number of benzene rings is 2. The fourth-order valence-electron chi connectivity index (χ4n) is 3.61. The van der Waals surface area contributed by atoms with Crippen LogP contribution in [-0.2, 0) is 4.74 Å². The molecule has 1 aliphatic carbocycles. The van der Waals surface area contributed by atoms with Gasteiger partial charge in [-0.05, 0) is 48.9 Å². The van der Waals surface area contributed by atoms with Crippen molar-refractivity contribution in [2.45, 2.75) is 46.0 Å². The highest BCUT2D eigenvalue weighted by Gasteiger charge is 2.23. The molecule has 4 rings (SSSR count). The number of methoxy groups -OCH3 is 1. The zero-order chi connectivity index (χ0) is 19.4. The molecular formula is C24H27NO2. The van der Waals surface area contributed by atoms with Gasteiger partial charge >= 0.3 is 5.97 Å². The van der Waals surface area contributed by atoms with Crippen molar-refractivity contribution in [3.05, 3.63) is 65.2 Å². The molecule has 140 valence electrons. The maximum atomic E-state index is 12.5.